The Balaban J connectivity index is 2.35. The molecule has 0 aromatic rings. The van der Waals surface area contributed by atoms with Gasteiger partial charge < -0.3 is 9.47 Å². The molecule has 0 atom stereocenters. The quantitative estimate of drug-likeness (QED) is 0.312. The van der Waals surface area contributed by atoms with E-state index in [0.29, 0.717) is 0 Å². The van der Waals surface area contributed by atoms with Gasteiger partial charge in [0.05, 0.1) is 13.2 Å². The first-order valence-electron chi connectivity index (χ1n) is 10.2. The summed E-state index contributed by atoms with van der Waals surface area (Å²) >= 11 is 0. The predicted molar refractivity (Wildman–Crippen MR) is 118 cm³/mol. The summed E-state index contributed by atoms with van der Waals surface area (Å²) in [6, 6.07) is 0. The minimum atomic E-state index is -0.216. The molecule has 0 aliphatic carbocycles. The molecule has 1 aliphatic heterocycles. The van der Waals surface area contributed by atoms with E-state index in [9.17, 15) is 0 Å². The fourth-order valence-corrected chi connectivity index (χ4v) is 2.76. The first-order chi connectivity index (χ1) is 12.7. The van der Waals surface area contributed by atoms with Crippen LogP contribution in [-0.4, -0.2) is 19.5 Å². The SMILES string of the molecule is CC(C)=CCCC(C)=CCCC(C)=CC=CC(C)=CC1OCC(C)(C)CO1. The molecule has 152 valence electrons. The summed E-state index contributed by atoms with van der Waals surface area (Å²) in [7, 11) is 0. The maximum Gasteiger partial charge on any atom is 0.177 e. The van der Waals surface area contributed by atoms with Gasteiger partial charge in [0, 0.05) is 5.41 Å². The van der Waals surface area contributed by atoms with E-state index < -0.39 is 0 Å². The minimum absolute atomic E-state index is 0.117. The highest BCUT2D eigenvalue weighted by Gasteiger charge is 2.26. The highest BCUT2D eigenvalue weighted by Crippen LogP contribution is 2.23. The zero-order chi connectivity index (χ0) is 20.3. The Morgan fingerprint density at radius 1 is 0.889 bits per heavy atom. The average molecular weight is 373 g/mol. The Kier molecular flexibility index (Phi) is 10.6. The van der Waals surface area contributed by atoms with Crippen molar-refractivity contribution in [1.29, 1.82) is 0 Å². The van der Waals surface area contributed by atoms with E-state index in [-0.39, 0.29) is 11.7 Å². The average Bonchev–Trinajstić information content (AvgIpc) is 2.56. The van der Waals surface area contributed by atoms with Gasteiger partial charge in [-0.15, -0.1) is 0 Å². The molecule has 1 rings (SSSR count). The monoisotopic (exact) mass is 372 g/mol. The lowest BCUT2D eigenvalue weighted by molar-refractivity contribution is -0.197. The Morgan fingerprint density at radius 2 is 1.48 bits per heavy atom. The Bertz CT molecular complexity index is 586. The van der Waals surface area contributed by atoms with Gasteiger partial charge in [0.1, 0.15) is 0 Å². The molecular formula is C25H40O2. The first kappa shape index (κ1) is 23.7. The third-order valence-electron chi connectivity index (χ3n) is 4.54. The van der Waals surface area contributed by atoms with Crippen LogP contribution in [0.2, 0.25) is 0 Å². The van der Waals surface area contributed by atoms with Crippen LogP contribution in [0.4, 0.5) is 0 Å². The van der Waals surface area contributed by atoms with E-state index in [0.717, 1.165) is 32.5 Å². The Hall–Kier alpha value is -1.38. The zero-order valence-corrected chi connectivity index (χ0v) is 18.6. The van der Waals surface area contributed by atoms with E-state index in [1.54, 1.807) is 0 Å². The van der Waals surface area contributed by atoms with Crippen molar-refractivity contribution < 1.29 is 9.47 Å². The van der Waals surface area contributed by atoms with Crippen LogP contribution in [0.15, 0.2) is 58.7 Å². The normalized spacial score (nSPS) is 19.6. The number of allylic oxidation sites excluding steroid dienone is 9. The van der Waals surface area contributed by atoms with Crippen molar-refractivity contribution in [3.8, 4) is 0 Å². The zero-order valence-electron chi connectivity index (χ0n) is 18.6. The van der Waals surface area contributed by atoms with Crippen molar-refractivity contribution in [2.45, 2.75) is 80.4 Å². The fourth-order valence-electron chi connectivity index (χ4n) is 2.76. The molecule has 0 aromatic heterocycles. The molecule has 0 bridgehead atoms. The molecule has 1 fully saturated rings. The molecule has 0 saturated carbocycles. The van der Waals surface area contributed by atoms with Crippen molar-refractivity contribution in [3.63, 3.8) is 0 Å². The van der Waals surface area contributed by atoms with Crippen molar-refractivity contribution in [1.82, 2.24) is 0 Å². The molecule has 0 aromatic carbocycles. The van der Waals surface area contributed by atoms with Gasteiger partial charge in [-0.05, 0) is 66.4 Å². The number of rotatable bonds is 9. The van der Waals surface area contributed by atoms with E-state index >= 15 is 0 Å². The number of hydrogen-bond donors (Lipinski definition) is 0. The van der Waals surface area contributed by atoms with Gasteiger partial charge in [0.15, 0.2) is 6.29 Å². The third-order valence-corrected chi connectivity index (χ3v) is 4.54. The molecular weight excluding hydrogens is 332 g/mol. The molecule has 1 saturated heterocycles. The second-order valence-electron chi connectivity index (χ2n) is 8.85. The molecule has 1 heterocycles. The highest BCUT2D eigenvalue weighted by atomic mass is 16.7. The summed E-state index contributed by atoms with van der Waals surface area (Å²) < 4.78 is 11.5. The molecule has 27 heavy (non-hydrogen) atoms. The third kappa shape index (κ3) is 11.8. The van der Waals surface area contributed by atoms with Crippen LogP contribution in [0.5, 0.6) is 0 Å². The predicted octanol–water partition coefficient (Wildman–Crippen LogP) is 7.31. The number of ether oxygens (including phenoxy) is 2. The van der Waals surface area contributed by atoms with E-state index in [2.05, 4.69) is 78.8 Å². The minimum Gasteiger partial charge on any atom is -0.348 e. The van der Waals surface area contributed by atoms with Gasteiger partial charge in [0.25, 0.3) is 0 Å². The summed E-state index contributed by atoms with van der Waals surface area (Å²) in [6.07, 6.45) is 17.5. The lowest BCUT2D eigenvalue weighted by atomic mass is 9.95. The van der Waals surface area contributed by atoms with Crippen LogP contribution < -0.4 is 0 Å². The molecule has 0 N–H and O–H groups in total. The van der Waals surface area contributed by atoms with Crippen LogP contribution in [0.25, 0.3) is 0 Å². The molecule has 0 unspecified atom stereocenters. The summed E-state index contributed by atoms with van der Waals surface area (Å²) in [4.78, 5) is 0. The summed E-state index contributed by atoms with van der Waals surface area (Å²) in [6.45, 7) is 16.6. The summed E-state index contributed by atoms with van der Waals surface area (Å²) in [5, 5.41) is 0. The topological polar surface area (TPSA) is 18.5 Å². The van der Waals surface area contributed by atoms with E-state index in [1.807, 2.05) is 6.08 Å². The standard InChI is InChI=1S/C25H40O2/c1-20(2)11-8-12-21(3)13-9-14-22(4)15-10-16-23(5)17-24-26-18-25(6,7)19-27-24/h10-11,13,15-17,24H,8-9,12,14,18-19H2,1-7H3. The first-order valence-corrected chi connectivity index (χ1v) is 10.2. The molecule has 2 nitrogen and oxygen atoms in total. The maximum absolute atomic E-state index is 5.75. The fraction of sp³-hybridized carbons (Fsp3) is 0.600. The molecule has 1 aliphatic rings. The van der Waals surface area contributed by atoms with Crippen molar-refractivity contribution in [2.75, 3.05) is 13.2 Å². The Labute approximate surface area is 167 Å². The lowest BCUT2D eigenvalue weighted by Crippen LogP contribution is -2.36. The molecule has 2 heteroatoms. The van der Waals surface area contributed by atoms with Crippen LogP contribution in [0.3, 0.4) is 0 Å². The van der Waals surface area contributed by atoms with E-state index in [4.69, 9.17) is 9.47 Å². The van der Waals surface area contributed by atoms with Gasteiger partial charge in [-0.25, -0.2) is 0 Å². The Morgan fingerprint density at radius 3 is 2.11 bits per heavy atom. The van der Waals surface area contributed by atoms with Gasteiger partial charge >= 0.3 is 0 Å². The van der Waals surface area contributed by atoms with Gasteiger partial charge in [-0.3, -0.25) is 0 Å². The van der Waals surface area contributed by atoms with Crippen LogP contribution in [-0.2, 0) is 9.47 Å². The van der Waals surface area contributed by atoms with E-state index in [1.165, 1.54) is 28.7 Å². The smallest absolute Gasteiger partial charge is 0.177 e. The van der Waals surface area contributed by atoms with Gasteiger partial charge in [-0.2, -0.15) is 0 Å². The van der Waals surface area contributed by atoms with Gasteiger partial charge in [0.2, 0.25) is 0 Å². The summed E-state index contributed by atoms with van der Waals surface area (Å²) in [5.41, 5.74) is 5.58. The van der Waals surface area contributed by atoms with Crippen LogP contribution in [0.1, 0.15) is 74.1 Å². The van der Waals surface area contributed by atoms with Gasteiger partial charge in [-0.1, -0.05) is 66.5 Å². The highest BCUT2D eigenvalue weighted by molar-refractivity contribution is 5.23. The second kappa shape index (κ2) is 12.2. The molecule has 0 amide bonds. The maximum atomic E-state index is 5.75. The number of hydrogen-bond acceptors (Lipinski definition) is 2. The van der Waals surface area contributed by atoms with Crippen molar-refractivity contribution in [3.05, 3.63) is 58.7 Å². The van der Waals surface area contributed by atoms with Crippen LogP contribution >= 0.6 is 0 Å². The summed E-state index contributed by atoms with van der Waals surface area (Å²) in [5.74, 6) is 0. The second-order valence-corrected chi connectivity index (χ2v) is 8.85. The lowest BCUT2D eigenvalue weighted by Gasteiger charge is -2.33. The molecule has 0 spiro atoms. The van der Waals surface area contributed by atoms with Crippen molar-refractivity contribution in [2.24, 2.45) is 5.41 Å². The molecule has 0 radical (unpaired) electrons. The van der Waals surface area contributed by atoms with Crippen molar-refractivity contribution >= 4 is 0 Å². The van der Waals surface area contributed by atoms with Crippen LogP contribution in [0, 0.1) is 5.41 Å². The largest absolute Gasteiger partial charge is 0.348 e.